The third-order valence-corrected chi connectivity index (χ3v) is 1.47. The Morgan fingerprint density at radius 3 is 2.36 bits per heavy atom. The Bertz CT molecular complexity index is 245. The summed E-state index contributed by atoms with van der Waals surface area (Å²) in [5.74, 6) is -3.33. The van der Waals surface area contributed by atoms with Crippen LogP contribution >= 0.6 is 0 Å². The lowest BCUT2D eigenvalue weighted by molar-refractivity contribution is 0.335. The van der Waals surface area contributed by atoms with E-state index in [1.807, 2.05) is 0 Å². The molecule has 0 radical (unpaired) electrons. The van der Waals surface area contributed by atoms with E-state index in [4.69, 9.17) is 4.55 Å². The van der Waals surface area contributed by atoms with E-state index in [0.29, 0.717) is 0 Å². The minimum Gasteiger partial charge on any atom is -0.285 e. The van der Waals surface area contributed by atoms with Gasteiger partial charge in [0.1, 0.15) is 12.1 Å². The first-order chi connectivity index (χ1) is 4.87. The number of rotatable bonds is 3. The molecule has 0 aromatic heterocycles. The van der Waals surface area contributed by atoms with Crippen LogP contribution in [0.25, 0.3) is 0 Å². The number of hydrogen-bond acceptors (Lipinski definition) is 2. The van der Waals surface area contributed by atoms with Gasteiger partial charge >= 0.3 is 0 Å². The predicted molar refractivity (Wildman–Crippen MR) is 31.6 cm³/mol. The zero-order valence-corrected chi connectivity index (χ0v) is 5.98. The molecule has 0 aromatic rings. The van der Waals surface area contributed by atoms with Crippen LogP contribution < -0.4 is 0 Å². The molecule has 0 aliphatic rings. The van der Waals surface area contributed by atoms with E-state index >= 15 is 0 Å². The van der Waals surface area contributed by atoms with Crippen LogP contribution in [0, 0.1) is 0 Å². The van der Waals surface area contributed by atoms with Crippen molar-refractivity contribution in [3.63, 3.8) is 0 Å². The van der Waals surface area contributed by atoms with Crippen molar-refractivity contribution in [1.82, 2.24) is 0 Å². The maximum absolute atomic E-state index is 12.1. The Kier molecular flexibility index (Phi) is 3.53. The summed E-state index contributed by atoms with van der Waals surface area (Å²) in [5.41, 5.74) is 0. The van der Waals surface area contributed by atoms with E-state index in [2.05, 4.69) is 0 Å². The van der Waals surface area contributed by atoms with Gasteiger partial charge in [-0.2, -0.15) is 8.42 Å². The Balaban J connectivity index is 4.21. The summed E-state index contributed by atoms with van der Waals surface area (Å²) in [6.45, 7) is 0. The summed E-state index contributed by atoms with van der Waals surface area (Å²) in [7, 11) is -4.60. The summed E-state index contributed by atoms with van der Waals surface area (Å²) in [6.07, 6.45) is -3.34. The molecule has 0 saturated heterocycles. The molecule has 1 N–H and O–H groups in total. The summed E-state index contributed by atoms with van der Waals surface area (Å²) >= 11 is 0. The molecule has 0 saturated carbocycles. The highest BCUT2D eigenvalue weighted by Crippen LogP contribution is 2.10. The van der Waals surface area contributed by atoms with Crippen LogP contribution in [0.4, 0.5) is 13.2 Å². The standard InChI is InChI=1S/C4H5F3O3S/c5-1-3(6)4(7)2-11(8,9)10/h1,4H,2H2,(H,8,9,10). The molecule has 0 heterocycles. The third-order valence-electron chi connectivity index (χ3n) is 0.760. The second-order valence-electron chi connectivity index (χ2n) is 1.71. The number of hydrogen-bond donors (Lipinski definition) is 1. The molecule has 66 valence electrons. The van der Waals surface area contributed by atoms with Crippen molar-refractivity contribution in [2.75, 3.05) is 5.75 Å². The Morgan fingerprint density at radius 1 is 1.64 bits per heavy atom. The molecule has 0 fully saturated rings. The van der Waals surface area contributed by atoms with Crippen molar-refractivity contribution in [3.05, 3.63) is 12.2 Å². The number of alkyl halides is 1. The lowest BCUT2D eigenvalue weighted by atomic mass is 10.4. The van der Waals surface area contributed by atoms with Crippen LogP contribution in [-0.4, -0.2) is 24.9 Å². The van der Waals surface area contributed by atoms with Gasteiger partial charge in [0.25, 0.3) is 10.1 Å². The second-order valence-corrected chi connectivity index (χ2v) is 3.21. The Labute approximate surface area is 61.3 Å². The Hall–Kier alpha value is -0.560. The topological polar surface area (TPSA) is 54.4 Å². The van der Waals surface area contributed by atoms with Crippen LogP contribution in [0.1, 0.15) is 0 Å². The lowest BCUT2D eigenvalue weighted by Gasteiger charge is -2.00. The molecular formula is C4H5F3O3S. The maximum Gasteiger partial charge on any atom is 0.268 e. The van der Waals surface area contributed by atoms with E-state index in [1.54, 1.807) is 0 Å². The van der Waals surface area contributed by atoms with Crippen LogP contribution in [0.5, 0.6) is 0 Å². The summed E-state index contributed by atoms with van der Waals surface area (Å²) in [6, 6.07) is 0. The minimum absolute atomic E-state index is 0.699. The van der Waals surface area contributed by atoms with Crippen LogP contribution in [0.2, 0.25) is 0 Å². The molecule has 7 heteroatoms. The quantitative estimate of drug-likeness (QED) is 0.675. The maximum atomic E-state index is 12.1. The first-order valence-corrected chi connectivity index (χ1v) is 4.02. The van der Waals surface area contributed by atoms with Crippen molar-refractivity contribution < 1.29 is 26.1 Å². The summed E-state index contributed by atoms with van der Waals surface area (Å²) < 4.78 is 62.7. The van der Waals surface area contributed by atoms with Crippen molar-refractivity contribution in [2.45, 2.75) is 6.17 Å². The van der Waals surface area contributed by atoms with Gasteiger partial charge in [-0.3, -0.25) is 4.55 Å². The second kappa shape index (κ2) is 3.72. The molecule has 0 bridgehead atoms. The zero-order valence-electron chi connectivity index (χ0n) is 5.17. The molecule has 0 rings (SSSR count). The van der Waals surface area contributed by atoms with Gasteiger partial charge in [-0.15, -0.1) is 0 Å². The highest BCUT2D eigenvalue weighted by Gasteiger charge is 2.20. The van der Waals surface area contributed by atoms with Gasteiger partial charge in [-0.1, -0.05) is 0 Å². The molecule has 0 amide bonds. The van der Waals surface area contributed by atoms with Crippen molar-refractivity contribution in [3.8, 4) is 0 Å². The smallest absolute Gasteiger partial charge is 0.268 e. The van der Waals surface area contributed by atoms with Gasteiger partial charge in [0.05, 0.1) is 0 Å². The largest absolute Gasteiger partial charge is 0.285 e. The Morgan fingerprint density at radius 2 is 2.09 bits per heavy atom. The molecule has 0 spiro atoms. The first kappa shape index (κ1) is 10.4. The molecule has 3 nitrogen and oxygen atoms in total. The first-order valence-electron chi connectivity index (χ1n) is 2.42. The molecule has 0 aliphatic carbocycles. The summed E-state index contributed by atoms with van der Waals surface area (Å²) in [5, 5.41) is 0. The van der Waals surface area contributed by atoms with Gasteiger partial charge in [0, 0.05) is 0 Å². The highest BCUT2D eigenvalue weighted by molar-refractivity contribution is 7.85. The van der Waals surface area contributed by atoms with Gasteiger partial charge < -0.3 is 0 Å². The van der Waals surface area contributed by atoms with Gasteiger partial charge in [0.15, 0.2) is 12.0 Å². The number of halogens is 3. The van der Waals surface area contributed by atoms with Gasteiger partial charge in [-0.05, 0) is 0 Å². The summed E-state index contributed by atoms with van der Waals surface area (Å²) in [4.78, 5) is 0. The van der Waals surface area contributed by atoms with Crippen LogP contribution in [0.3, 0.4) is 0 Å². The van der Waals surface area contributed by atoms with E-state index in [-0.39, 0.29) is 0 Å². The molecule has 11 heavy (non-hydrogen) atoms. The van der Waals surface area contributed by atoms with Crippen molar-refractivity contribution >= 4 is 10.1 Å². The van der Waals surface area contributed by atoms with Crippen LogP contribution in [0.15, 0.2) is 12.2 Å². The average molecular weight is 190 g/mol. The normalized spacial score (nSPS) is 16.5. The molecule has 0 aromatic carbocycles. The van der Waals surface area contributed by atoms with Crippen molar-refractivity contribution in [1.29, 1.82) is 0 Å². The zero-order chi connectivity index (χ0) is 9.07. The van der Waals surface area contributed by atoms with Crippen LogP contribution in [-0.2, 0) is 10.1 Å². The average Bonchev–Trinajstić information content (AvgIpc) is 1.82. The lowest BCUT2D eigenvalue weighted by Crippen LogP contribution is -2.16. The monoisotopic (exact) mass is 190 g/mol. The third kappa shape index (κ3) is 4.79. The molecular weight excluding hydrogens is 185 g/mol. The highest BCUT2D eigenvalue weighted by atomic mass is 32.2. The molecule has 1 unspecified atom stereocenters. The van der Waals surface area contributed by atoms with E-state index in [1.165, 1.54) is 0 Å². The van der Waals surface area contributed by atoms with Crippen molar-refractivity contribution in [2.24, 2.45) is 0 Å². The fourth-order valence-electron chi connectivity index (χ4n) is 0.333. The molecule has 1 atom stereocenters. The fourth-order valence-corrected chi connectivity index (χ4v) is 0.862. The van der Waals surface area contributed by atoms with E-state index in [9.17, 15) is 21.6 Å². The van der Waals surface area contributed by atoms with E-state index in [0.717, 1.165) is 0 Å². The minimum atomic E-state index is -4.60. The SMILES string of the molecule is O=S(=O)(O)CC(F)C(F)=CF. The van der Waals surface area contributed by atoms with E-state index < -0.39 is 34.2 Å². The predicted octanol–water partition coefficient (Wildman–Crippen LogP) is 0.993. The van der Waals surface area contributed by atoms with Gasteiger partial charge in [-0.25, -0.2) is 13.2 Å². The fraction of sp³-hybridized carbons (Fsp3) is 0.500. The van der Waals surface area contributed by atoms with Gasteiger partial charge in [0.2, 0.25) is 0 Å². The molecule has 0 aliphatic heterocycles. The number of allylic oxidation sites excluding steroid dienone is 1.